The highest BCUT2D eigenvalue weighted by molar-refractivity contribution is 6.30. The van der Waals surface area contributed by atoms with E-state index in [1.54, 1.807) is 6.07 Å². The zero-order chi connectivity index (χ0) is 13.1. The van der Waals surface area contributed by atoms with Crippen LogP contribution in [0, 0.1) is 0 Å². The molecule has 18 heavy (non-hydrogen) atoms. The molecule has 2 unspecified atom stereocenters. The number of aliphatic hydroxyl groups excluding tert-OH is 1. The van der Waals surface area contributed by atoms with Crippen LogP contribution in [0.25, 0.3) is 0 Å². The molecule has 0 bridgehead atoms. The third-order valence-electron chi connectivity index (χ3n) is 3.32. The van der Waals surface area contributed by atoms with Gasteiger partial charge in [0.05, 0.1) is 19.3 Å². The van der Waals surface area contributed by atoms with E-state index in [1.165, 1.54) is 0 Å². The molecule has 1 heterocycles. The zero-order valence-electron chi connectivity index (χ0n) is 10.5. The predicted molar refractivity (Wildman–Crippen MR) is 72.6 cm³/mol. The van der Waals surface area contributed by atoms with Gasteiger partial charge in [-0.15, -0.1) is 0 Å². The first-order valence-electron chi connectivity index (χ1n) is 6.10. The second-order valence-electron chi connectivity index (χ2n) is 4.76. The molecule has 0 aromatic heterocycles. The predicted octanol–water partition coefficient (Wildman–Crippen LogP) is 1.50. The van der Waals surface area contributed by atoms with E-state index >= 15 is 0 Å². The smallest absolute Gasteiger partial charge is 0.0933 e. The molecule has 0 aliphatic carbocycles. The number of aliphatic hydroxyl groups is 1. The van der Waals surface area contributed by atoms with E-state index in [0.717, 1.165) is 17.8 Å². The molecule has 1 aromatic carbocycles. The van der Waals surface area contributed by atoms with Crippen molar-refractivity contribution in [1.82, 2.24) is 4.90 Å². The lowest BCUT2D eigenvalue weighted by Gasteiger charge is -2.37. The molecule has 1 aliphatic heterocycles. The van der Waals surface area contributed by atoms with Gasteiger partial charge < -0.3 is 15.6 Å². The van der Waals surface area contributed by atoms with Gasteiger partial charge in [0.1, 0.15) is 0 Å². The number of rotatable bonds is 3. The summed E-state index contributed by atoms with van der Waals surface area (Å²) in [6, 6.07) is 5.82. The highest BCUT2D eigenvalue weighted by atomic mass is 35.5. The number of nitrogens with two attached hydrogens (primary N) is 1. The van der Waals surface area contributed by atoms with Crippen LogP contribution < -0.4 is 5.73 Å². The third kappa shape index (κ3) is 3.14. The Bertz CT molecular complexity index is 414. The Hall–Kier alpha value is -0.810. The average Bonchev–Trinajstić information content (AvgIpc) is 2.36. The molecule has 5 heteroatoms. The van der Waals surface area contributed by atoms with Crippen LogP contribution in [0.3, 0.4) is 0 Å². The van der Waals surface area contributed by atoms with Crippen LogP contribution in [-0.4, -0.2) is 41.9 Å². The van der Waals surface area contributed by atoms with E-state index in [9.17, 15) is 0 Å². The second-order valence-corrected chi connectivity index (χ2v) is 5.20. The van der Waals surface area contributed by atoms with Gasteiger partial charge >= 0.3 is 0 Å². The standard InChI is InChI=1S/C13H19ClN2O2/c1-9-8-18-12(7-17)6-16(9)5-10-4-11(14)2-3-13(10)15/h2-4,9,12,17H,5-8,15H2,1H3. The molecule has 1 aromatic rings. The molecule has 0 amide bonds. The Kier molecular flexibility index (Phi) is 4.45. The summed E-state index contributed by atoms with van der Waals surface area (Å²) >= 11 is 5.99. The van der Waals surface area contributed by atoms with E-state index in [0.29, 0.717) is 24.2 Å². The summed E-state index contributed by atoms with van der Waals surface area (Å²) in [7, 11) is 0. The number of morpholine rings is 1. The monoisotopic (exact) mass is 270 g/mol. The van der Waals surface area contributed by atoms with Crippen molar-refractivity contribution in [2.45, 2.75) is 25.6 Å². The molecule has 0 saturated carbocycles. The first kappa shape index (κ1) is 13.6. The van der Waals surface area contributed by atoms with Gasteiger partial charge in [-0.1, -0.05) is 11.6 Å². The molecular weight excluding hydrogens is 252 g/mol. The molecule has 0 spiro atoms. The maximum Gasteiger partial charge on any atom is 0.0933 e. The second kappa shape index (κ2) is 5.89. The van der Waals surface area contributed by atoms with Gasteiger partial charge in [-0.2, -0.15) is 0 Å². The first-order valence-corrected chi connectivity index (χ1v) is 6.48. The van der Waals surface area contributed by atoms with Crippen molar-refractivity contribution in [3.63, 3.8) is 0 Å². The lowest BCUT2D eigenvalue weighted by atomic mass is 10.1. The molecule has 1 aliphatic rings. The fourth-order valence-electron chi connectivity index (χ4n) is 2.14. The van der Waals surface area contributed by atoms with Gasteiger partial charge in [0.25, 0.3) is 0 Å². The fraction of sp³-hybridized carbons (Fsp3) is 0.538. The molecule has 2 atom stereocenters. The number of ether oxygens (including phenoxy) is 1. The molecule has 4 nitrogen and oxygen atoms in total. The highest BCUT2D eigenvalue weighted by Gasteiger charge is 2.25. The molecule has 3 N–H and O–H groups in total. The molecule has 100 valence electrons. The van der Waals surface area contributed by atoms with Crippen LogP contribution in [0.15, 0.2) is 18.2 Å². The van der Waals surface area contributed by atoms with Crippen molar-refractivity contribution >= 4 is 17.3 Å². The van der Waals surface area contributed by atoms with Crippen molar-refractivity contribution in [3.8, 4) is 0 Å². The highest BCUT2D eigenvalue weighted by Crippen LogP contribution is 2.22. The average molecular weight is 271 g/mol. The Morgan fingerprint density at radius 3 is 3.06 bits per heavy atom. The fourth-order valence-corrected chi connectivity index (χ4v) is 2.33. The Morgan fingerprint density at radius 2 is 2.33 bits per heavy atom. The SMILES string of the molecule is CC1COC(CO)CN1Cc1cc(Cl)ccc1N. The topological polar surface area (TPSA) is 58.7 Å². The van der Waals surface area contributed by atoms with Gasteiger partial charge in [0, 0.05) is 29.8 Å². The number of hydrogen-bond acceptors (Lipinski definition) is 4. The van der Waals surface area contributed by atoms with Gasteiger partial charge in [-0.3, -0.25) is 4.90 Å². The van der Waals surface area contributed by atoms with Crippen molar-refractivity contribution in [2.75, 3.05) is 25.5 Å². The van der Waals surface area contributed by atoms with Crippen LogP contribution in [0.4, 0.5) is 5.69 Å². The van der Waals surface area contributed by atoms with E-state index in [2.05, 4.69) is 11.8 Å². The molecule has 0 radical (unpaired) electrons. The van der Waals surface area contributed by atoms with Crippen molar-refractivity contribution < 1.29 is 9.84 Å². The number of benzene rings is 1. The number of halogens is 1. The van der Waals surface area contributed by atoms with Gasteiger partial charge in [0.2, 0.25) is 0 Å². The van der Waals surface area contributed by atoms with Crippen molar-refractivity contribution in [3.05, 3.63) is 28.8 Å². The van der Waals surface area contributed by atoms with Crippen molar-refractivity contribution in [2.24, 2.45) is 0 Å². The zero-order valence-corrected chi connectivity index (χ0v) is 11.2. The third-order valence-corrected chi connectivity index (χ3v) is 3.55. The van der Waals surface area contributed by atoms with E-state index in [-0.39, 0.29) is 12.7 Å². The minimum atomic E-state index is -0.110. The minimum Gasteiger partial charge on any atom is -0.398 e. The summed E-state index contributed by atoms with van der Waals surface area (Å²) in [6.07, 6.45) is -0.110. The summed E-state index contributed by atoms with van der Waals surface area (Å²) in [6.45, 7) is 4.23. The van der Waals surface area contributed by atoms with Crippen molar-refractivity contribution in [1.29, 1.82) is 0 Å². The van der Waals surface area contributed by atoms with E-state index in [1.807, 2.05) is 12.1 Å². The summed E-state index contributed by atoms with van der Waals surface area (Å²) in [4.78, 5) is 2.26. The Morgan fingerprint density at radius 1 is 1.56 bits per heavy atom. The summed E-state index contributed by atoms with van der Waals surface area (Å²) in [5, 5.41) is 9.86. The Labute approximate surface area is 112 Å². The Balaban J connectivity index is 2.09. The summed E-state index contributed by atoms with van der Waals surface area (Å²) in [5.41, 5.74) is 7.72. The largest absolute Gasteiger partial charge is 0.398 e. The van der Waals surface area contributed by atoms with Crippen LogP contribution in [0.5, 0.6) is 0 Å². The van der Waals surface area contributed by atoms with Crippen LogP contribution in [0.1, 0.15) is 12.5 Å². The maximum atomic E-state index is 9.16. The van der Waals surface area contributed by atoms with Crippen LogP contribution >= 0.6 is 11.6 Å². The molecule has 1 fully saturated rings. The normalized spacial score (nSPS) is 25.3. The summed E-state index contributed by atoms with van der Waals surface area (Å²) < 4.78 is 5.51. The minimum absolute atomic E-state index is 0.0498. The van der Waals surface area contributed by atoms with E-state index < -0.39 is 0 Å². The molecule has 2 rings (SSSR count). The lowest BCUT2D eigenvalue weighted by Crippen LogP contribution is -2.48. The number of nitrogen functional groups attached to an aromatic ring is 1. The maximum absolute atomic E-state index is 9.16. The van der Waals surface area contributed by atoms with Gasteiger partial charge in [0.15, 0.2) is 0 Å². The van der Waals surface area contributed by atoms with Gasteiger partial charge in [-0.05, 0) is 30.7 Å². The van der Waals surface area contributed by atoms with E-state index in [4.69, 9.17) is 27.2 Å². The molecule has 1 saturated heterocycles. The number of nitrogens with zero attached hydrogens (tertiary/aromatic N) is 1. The quantitative estimate of drug-likeness (QED) is 0.818. The number of hydrogen-bond donors (Lipinski definition) is 2. The molecular formula is C13H19ClN2O2. The first-order chi connectivity index (χ1) is 8.60. The van der Waals surface area contributed by atoms with Gasteiger partial charge in [-0.25, -0.2) is 0 Å². The lowest BCUT2D eigenvalue weighted by molar-refractivity contribution is -0.0805. The summed E-state index contributed by atoms with van der Waals surface area (Å²) in [5.74, 6) is 0. The van der Waals surface area contributed by atoms with Crippen LogP contribution in [-0.2, 0) is 11.3 Å². The number of anilines is 1. The van der Waals surface area contributed by atoms with Crippen LogP contribution in [0.2, 0.25) is 5.02 Å².